The maximum absolute atomic E-state index is 13.6. The first-order valence-electron chi connectivity index (χ1n) is 13.2. The Balaban J connectivity index is 1.51. The van der Waals surface area contributed by atoms with Crippen molar-refractivity contribution in [1.29, 1.82) is 0 Å². The molecule has 2 aliphatic rings. The number of sulfonamides is 1. The van der Waals surface area contributed by atoms with Crippen LogP contribution in [0.1, 0.15) is 25.8 Å². The van der Waals surface area contributed by atoms with Crippen LogP contribution in [0.5, 0.6) is 5.75 Å². The second-order valence-electron chi connectivity index (χ2n) is 10.4. The van der Waals surface area contributed by atoms with Gasteiger partial charge in [-0.3, -0.25) is 0 Å². The van der Waals surface area contributed by atoms with Crippen molar-refractivity contribution in [1.82, 2.24) is 9.62 Å². The molecule has 0 radical (unpaired) electrons. The van der Waals surface area contributed by atoms with Crippen LogP contribution in [0.3, 0.4) is 0 Å². The van der Waals surface area contributed by atoms with Crippen LogP contribution in [0.15, 0.2) is 59.5 Å². The van der Waals surface area contributed by atoms with Gasteiger partial charge in [0.15, 0.2) is 6.29 Å². The summed E-state index contributed by atoms with van der Waals surface area (Å²) in [6.45, 7) is 4.59. The minimum atomic E-state index is -3.94. The molecule has 10 nitrogen and oxygen atoms in total. The van der Waals surface area contributed by atoms with E-state index in [1.807, 2.05) is 44.2 Å². The number of hydrogen-bond donors (Lipinski definition) is 2. The number of hydrogen-bond acceptors (Lipinski definition) is 8. The Kier molecular flexibility index (Phi) is 9.84. The average molecular weight is 563 g/mol. The largest absolute Gasteiger partial charge is 0.497 e. The third kappa shape index (κ3) is 7.49. The van der Waals surface area contributed by atoms with Crippen molar-refractivity contribution < 1.29 is 37.3 Å². The summed E-state index contributed by atoms with van der Waals surface area (Å²) in [5.74, 6) is 0.516. The van der Waals surface area contributed by atoms with E-state index >= 15 is 0 Å². The van der Waals surface area contributed by atoms with E-state index in [-0.39, 0.29) is 49.1 Å². The summed E-state index contributed by atoms with van der Waals surface area (Å²) in [7, 11) is -2.43. The number of amides is 1. The van der Waals surface area contributed by atoms with Gasteiger partial charge in [-0.25, -0.2) is 13.2 Å². The van der Waals surface area contributed by atoms with E-state index in [0.29, 0.717) is 12.4 Å². The minimum Gasteiger partial charge on any atom is -0.497 e. The Morgan fingerprint density at radius 1 is 1.10 bits per heavy atom. The van der Waals surface area contributed by atoms with Gasteiger partial charge in [-0.1, -0.05) is 44.2 Å². The highest BCUT2D eigenvalue weighted by molar-refractivity contribution is 7.89. The molecular formula is C28H38N2O8S. The number of carbonyl (C=O) groups excluding carboxylic acids is 1. The second-order valence-corrected chi connectivity index (χ2v) is 12.3. The van der Waals surface area contributed by atoms with Crippen molar-refractivity contribution >= 4 is 16.1 Å². The molecule has 2 heterocycles. The summed E-state index contributed by atoms with van der Waals surface area (Å²) < 4.78 is 50.3. The van der Waals surface area contributed by atoms with Gasteiger partial charge in [-0.05, 0) is 48.6 Å². The summed E-state index contributed by atoms with van der Waals surface area (Å²) in [6, 6.07) is 14.7. The number of nitrogens with zero attached hydrogens (tertiary/aromatic N) is 1. The number of methoxy groups -OCH3 is 1. The first-order chi connectivity index (χ1) is 18.7. The second kappa shape index (κ2) is 13.1. The molecule has 4 rings (SSSR count). The lowest BCUT2D eigenvalue weighted by Crippen LogP contribution is -2.51. The molecule has 2 aliphatic heterocycles. The summed E-state index contributed by atoms with van der Waals surface area (Å²) in [4.78, 5) is 13.0. The SMILES string of the molecule is COc1ccc(S(=O)(=O)N(CC(C)C)C[C@H](O)[C@@H](Cc2ccccc2)NC(=O)OC2COC3OCCC23)cc1. The molecular weight excluding hydrogens is 524 g/mol. The van der Waals surface area contributed by atoms with E-state index < -0.39 is 34.4 Å². The molecule has 2 saturated heterocycles. The Labute approximate surface area is 230 Å². The van der Waals surface area contributed by atoms with E-state index in [1.54, 1.807) is 12.1 Å². The molecule has 0 aliphatic carbocycles. The molecule has 0 bridgehead atoms. The van der Waals surface area contributed by atoms with E-state index in [2.05, 4.69) is 5.32 Å². The number of aliphatic hydroxyl groups is 1. The van der Waals surface area contributed by atoms with E-state index in [0.717, 1.165) is 12.0 Å². The molecule has 5 atom stereocenters. The fourth-order valence-corrected chi connectivity index (χ4v) is 6.55. The smallest absolute Gasteiger partial charge is 0.407 e. The quantitative estimate of drug-likeness (QED) is 0.405. The monoisotopic (exact) mass is 562 g/mol. The van der Waals surface area contributed by atoms with Crippen LogP contribution in [0, 0.1) is 11.8 Å². The zero-order valence-electron chi connectivity index (χ0n) is 22.6. The maximum Gasteiger partial charge on any atom is 0.407 e. The third-order valence-electron chi connectivity index (χ3n) is 6.97. The zero-order chi connectivity index (χ0) is 28.0. The van der Waals surface area contributed by atoms with Crippen LogP contribution in [0.2, 0.25) is 0 Å². The lowest BCUT2D eigenvalue weighted by Gasteiger charge is -2.31. The summed E-state index contributed by atoms with van der Waals surface area (Å²) in [5, 5.41) is 14.2. The van der Waals surface area contributed by atoms with Crippen molar-refractivity contribution in [3.05, 3.63) is 60.2 Å². The van der Waals surface area contributed by atoms with Crippen molar-refractivity contribution in [2.24, 2.45) is 11.8 Å². The Bertz CT molecular complexity index is 1180. The molecule has 0 saturated carbocycles. The molecule has 214 valence electrons. The van der Waals surface area contributed by atoms with Gasteiger partial charge in [0.2, 0.25) is 10.0 Å². The number of alkyl carbamates (subject to hydrolysis) is 1. The zero-order valence-corrected chi connectivity index (χ0v) is 23.4. The highest BCUT2D eigenvalue weighted by Crippen LogP contribution is 2.33. The van der Waals surface area contributed by atoms with Gasteiger partial charge in [0, 0.05) is 13.1 Å². The Morgan fingerprint density at radius 2 is 1.82 bits per heavy atom. The van der Waals surface area contributed by atoms with Gasteiger partial charge in [0.1, 0.15) is 11.9 Å². The highest BCUT2D eigenvalue weighted by atomic mass is 32.2. The van der Waals surface area contributed by atoms with Crippen molar-refractivity contribution in [2.45, 2.75) is 56.1 Å². The summed E-state index contributed by atoms with van der Waals surface area (Å²) in [5.41, 5.74) is 0.878. The third-order valence-corrected chi connectivity index (χ3v) is 8.81. The van der Waals surface area contributed by atoms with Crippen LogP contribution < -0.4 is 10.1 Å². The summed E-state index contributed by atoms with van der Waals surface area (Å²) >= 11 is 0. The van der Waals surface area contributed by atoms with E-state index in [4.69, 9.17) is 18.9 Å². The maximum atomic E-state index is 13.6. The molecule has 2 N–H and O–H groups in total. The first-order valence-corrected chi connectivity index (χ1v) is 14.7. The number of carbonyl (C=O) groups is 1. The number of fused-ring (bicyclic) bond motifs is 1. The van der Waals surface area contributed by atoms with Crippen LogP contribution in [0.4, 0.5) is 4.79 Å². The van der Waals surface area contributed by atoms with Gasteiger partial charge < -0.3 is 29.4 Å². The highest BCUT2D eigenvalue weighted by Gasteiger charge is 2.44. The predicted octanol–water partition coefficient (Wildman–Crippen LogP) is 2.80. The number of rotatable bonds is 12. The van der Waals surface area contributed by atoms with Gasteiger partial charge in [0.25, 0.3) is 0 Å². The molecule has 39 heavy (non-hydrogen) atoms. The molecule has 2 aromatic rings. The van der Waals surface area contributed by atoms with Gasteiger partial charge in [-0.2, -0.15) is 4.31 Å². The normalized spacial score (nSPS) is 22.5. The standard InChI is InChI=1S/C28H38N2O8S/c1-19(2)16-30(39(33,34)22-11-9-21(35-3)10-12-22)17-25(31)24(15-20-7-5-4-6-8-20)29-28(32)38-26-18-37-27-23(26)13-14-36-27/h4-12,19,23-27,31H,13-18H2,1-3H3,(H,29,32)/t23?,24-,25+,26?,27?/m1/s1. The summed E-state index contributed by atoms with van der Waals surface area (Å²) in [6.07, 6.45) is -1.69. The number of ether oxygens (including phenoxy) is 4. The molecule has 11 heteroatoms. The minimum absolute atomic E-state index is 0.000311. The van der Waals surface area contributed by atoms with Crippen LogP contribution in [-0.4, -0.2) is 81.9 Å². The van der Waals surface area contributed by atoms with Crippen molar-refractivity contribution in [3.8, 4) is 5.75 Å². The van der Waals surface area contributed by atoms with E-state index in [1.165, 1.54) is 23.5 Å². The topological polar surface area (TPSA) is 124 Å². The molecule has 2 fully saturated rings. The van der Waals surface area contributed by atoms with Crippen LogP contribution in [-0.2, 0) is 30.7 Å². The number of benzene rings is 2. The number of nitrogens with one attached hydrogen (secondary N) is 1. The van der Waals surface area contributed by atoms with Gasteiger partial charge in [-0.15, -0.1) is 0 Å². The van der Waals surface area contributed by atoms with Gasteiger partial charge >= 0.3 is 6.09 Å². The van der Waals surface area contributed by atoms with Crippen molar-refractivity contribution in [3.63, 3.8) is 0 Å². The van der Waals surface area contributed by atoms with Crippen LogP contribution >= 0.6 is 0 Å². The first kappa shape index (κ1) is 29.3. The lowest BCUT2D eigenvalue weighted by atomic mass is 10.0. The molecule has 0 aromatic heterocycles. The average Bonchev–Trinajstić information content (AvgIpc) is 3.53. The van der Waals surface area contributed by atoms with Crippen LogP contribution in [0.25, 0.3) is 0 Å². The Hall–Kier alpha value is -2.70. The molecule has 3 unspecified atom stereocenters. The number of aliphatic hydroxyl groups excluding tert-OH is 1. The predicted molar refractivity (Wildman–Crippen MR) is 144 cm³/mol. The molecule has 1 amide bonds. The lowest BCUT2D eigenvalue weighted by molar-refractivity contribution is -0.0907. The molecule has 2 aromatic carbocycles. The molecule has 0 spiro atoms. The Morgan fingerprint density at radius 3 is 2.49 bits per heavy atom. The van der Waals surface area contributed by atoms with Crippen molar-refractivity contribution in [2.75, 3.05) is 33.4 Å². The fraction of sp³-hybridized carbons (Fsp3) is 0.536. The van der Waals surface area contributed by atoms with E-state index in [9.17, 15) is 18.3 Å². The fourth-order valence-electron chi connectivity index (χ4n) is 4.93. The van der Waals surface area contributed by atoms with Gasteiger partial charge in [0.05, 0.1) is 43.3 Å².